The van der Waals surface area contributed by atoms with Gasteiger partial charge in [-0.05, 0) is 12.8 Å². The van der Waals surface area contributed by atoms with Crippen LogP contribution in [0.5, 0.6) is 0 Å². The summed E-state index contributed by atoms with van der Waals surface area (Å²) in [5, 5.41) is 0. The standard InChI is InChI=1S/C10H18O3/c1-5-10(11)13-7-6-12-9(4)8(2)3/h5,8-9H,1,6-7H2,2-4H3. The van der Waals surface area contributed by atoms with Crippen LogP contribution in [-0.4, -0.2) is 25.3 Å². The molecule has 0 aromatic carbocycles. The second-order valence-electron chi connectivity index (χ2n) is 3.19. The second-order valence-corrected chi connectivity index (χ2v) is 3.19. The zero-order valence-electron chi connectivity index (χ0n) is 8.58. The van der Waals surface area contributed by atoms with Gasteiger partial charge >= 0.3 is 5.97 Å². The Morgan fingerprint density at radius 3 is 2.46 bits per heavy atom. The molecule has 0 saturated carbocycles. The minimum absolute atomic E-state index is 0.197. The largest absolute Gasteiger partial charge is 0.460 e. The first-order valence-electron chi connectivity index (χ1n) is 4.48. The Morgan fingerprint density at radius 2 is 2.00 bits per heavy atom. The zero-order valence-corrected chi connectivity index (χ0v) is 8.58. The maximum absolute atomic E-state index is 10.6. The minimum atomic E-state index is -0.402. The van der Waals surface area contributed by atoms with E-state index in [-0.39, 0.29) is 6.10 Å². The van der Waals surface area contributed by atoms with Crippen LogP contribution in [0, 0.1) is 5.92 Å². The van der Waals surface area contributed by atoms with Crippen LogP contribution >= 0.6 is 0 Å². The number of rotatable bonds is 6. The molecule has 76 valence electrons. The van der Waals surface area contributed by atoms with Crippen molar-refractivity contribution in [3.8, 4) is 0 Å². The van der Waals surface area contributed by atoms with Gasteiger partial charge in [0.15, 0.2) is 0 Å². The van der Waals surface area contributed by atoms with Crippen LogP contribution in [0.1, 0.15) is 20.8 Å². The van der Waals surface area contributed by atoms with Crippen LogP contribution in [0.25, 0.3) is 0 Å². The third-order valence-electron chi connectivity index (χ3n) is 1.81. The Balaban J connectivity index is 3.35. The summed E-state index contributed by atoms with van der Waals surface area (Å²) >= 11 is 0. The zero-order chi connectivity index (χ0) is 10.3. The molecule has 0 bridgehead atoms. The van der Waals surface area contributed by atoms with Crippen molar-refractivity contribution >= 4 is 5.97 Å². The summed E-state index contributed by atoms with van der Waals surface area (Å²) in [5.41, 5.74) is 0. The molecule has 0 fully saturated rings. The smallest absolute Gasteiger partial charge is 0.330 e. The number of hydrogen-bond acceptors (Lipinski definition) is 3. The van der Waals surface area contributed by atoms with Gasteiger partial charge in [0.2, 0.25) is 0 Å². The average Bonchev–Trinajstić information content (AvgIpc) is 2.11. The van der Waals surface area contributed by atoms with Crippen molar-refractivity contribution in [2.45, 2.75) is 26.9 Å². The van der Waals surface area contributed by atoms with Gasteiger partial charge in [0.05, 0.1) is 12.7 Å². The molecule has 0 saturated heterocycles. The van der Waals surface area contributed by atoms with Crippen LogP contribution < -0.4 is 0 Å². The molecule has 0 aromatic rings. The molecular weight excluding hydrogens is 168 g/mol. The van der Waals surface area contributed by atoms with Gasteiger partial charge in [0.25, 0.3) is 0 Å². The van der Waals surface area contributed by atoms with Crippen LogP contribution in [0.3, 0.4) is 0 Å². The molecule has 0 aliphatic carbocycles. The highest BCUT2D eigenvalue weighted by Gasteiger charge is 2.06. The number of carbonyl (C=O) groups is 1. The summed E-state index contributed by atoms with van der Waals surface area (Å²) < 4.78 is 10.1. The third kappa shape index (κ3) is 6.34. The van der Waals surface area contributed by atoms with Crippen molar-refractivity contribution in [3.63, 3.8) is 0 Å². The topological polar surface area (TPSA) is 35.5 Å². The molecule has 0 radical (unpaired) electrons. The summed E-state index contributed by atoms with van der Waals surface area (Å²) in [5.74, 6) is 0.0795. The van der Waals surface area contributed by atoms with Gasteiger partial charge < -0.3 is 9.47 Å². The summed E-state index contributed by atoms with van der Waals surface area (Å²) in [6, 6.07) is 0. The Bertz CT molecular complexity index is 164. The summed E-state index contributed by atoms with van der Waals surface area (Å²) in [4.78, 5) is 10.6. The molecule has 0 spiro atoms. The van der Waals surface area contributed by atoms with Crippen LogP contribution in [0.4, 0.5) is 0 Å². The van der Waals surface area contributed by atoms with Crippen LogP contribution in [0.15, 0.2) is 12.7 Å². The molecule has 3 nitrogen and oxygen atoms in total. The van der Waals surface area contributed by atoms with Gasteiger partial charge in [-0.2, -0.15) is 0 Å². The Hall–Kier alpha value is -0.830. The molecule has 1 unspecified atom stereocenters. The van der Waals surface area contributed by atoms with Crippen molar-refractivity contribution in [2.75, 3.05) is 13.2 Å². The fourth-order valence-electron chi connectivity index (χ4n) is 0.628. The van der Waals surface area contributed by atoms with Gasteiger partial charge in [0.1, 0.15) is 6.61 Å². The average molecular weight is 186 g/mol. The minimum Gasteiger partial charge on any atom is -0.460 e. The first kappa shape index (κ1) is 12.2. The van der Waals surface area contributed by atoms with E-state index in [1.54, 1.807) is 0 Å². The predicted molar refractivity (Wildman–Crippen MR) is 51.4 cm³/mol. The van der Waals surface area contributed by atoms with E-state index in [1.807, 2.05) is 6.92 Å². The third-order valence-corrected chi connectivity index (χ3v) is 1.81. The lowest BCUT2D eigenvalue weighted by Crippen LogP contribution is -2.19. The highest BCUT2D eigenvalue weighted by molar-refractivity contribution is 5.81. The fraction of sp³-hybridized carbons (Fsp3) is 0.700. The molecule has 0 amide bonds. The van der Waals surface area contributed by atoms with Crippen LogP contribution in [0.2, 0.25) is 0 Å². The quantitative estimate of drug-likeness (QED) is 0.360. The molecule has 3 heteroatoms. The Kier molecular flexibility index (Phi) is 6.24. The second kappa shape index (κ2) is 6.66. The van der Waals surface area contributed by atoms with Crippen molar-refractivity contribution in [1.29, 1.82) is 0 Å². The van der Waals surface area contributed by atoms with E-state index in [4.69, 9.17) is 9.47 Å². The highest BCUT2D eigenvalue weighted by Crippen LogP contribution is 2.04. The normalized spacial score (nSPS) is 12.6. The molecule has 13 heavy (non-hydrogen) atoms. The van der Waals surface area contributed by atoms with E-state index in [0.717, 1.165) is 6.08 Å². The lowest BCUT2D eigenvalue weighted by molar-refractivity contribution is -0.140. The van der Waals surface area contributed by atoms with E-state index >= 15 is 0 Å². The van der Waals surface area contributed by atoms with Crippen molar-refractivity contribution in [1.82, 2.24) is 0 Å². The fourth-order valence-corrected chi connectivity index (χ4v) is 0.628. The lowest BCUT2D eigenvalue weighted by Gasteiger charge is -2.16. The van der Waals surface area contributed by atoms with Gasteiger partial charge in [-0.25, -0.2) is 4.79 Å². The Labute approximate surface area is 79.7 Å². The first-order chi connectivity index (χ1) is 6.07. The number of hydrogen-bond donors (Lipinski definition) is 0. The summed E-state index contributed by atoms with van der Waals surface area (Å²) in [6.07, 6.45) is 1.34. The van der Waals surface area contributed by atoms with Crippen molar-refractivity contribution in [2.24, 2.45) is 5.92 Å². The predicted octanol–water partition coefficient (Wildman–Crippen LogP) is 1.78. The van der Waals surface area contributed by atoms with Crippen molar-refractivity contribution in [3.05, 3.63) is 12.7 Å². The molecule has 0 aliphatic rings. The SMILES string of the molecule is C=CC(=O)OCCOC(C)C(C)C. The van der Waals surface area contributed by atoms with E-state index in [2.05, 4.69) is 20.4 Å². The van der Waals surface area contributed by atoms with E-state index in [9.17, 15) is 4.79 Å². The van der Waals surface area contributed by atoms with Crippen LogP contribution in [-0.2, 0) is 14.3 Å². The van der Waals surface area contributed by atoms with E-state index < -0.39 is 5.97 Å². The van der Waals surface area contributed by atoms with Gasteiger partial charge in [0, 0.05) is 6.08 Å². The van der Waals surface area contributed by atoms with E-state index in [0.29, 0.717) is 19.1 Å². The molecule has 0 N–H and O–H groups in total. The molecular formula is C10H18O3. The van der Waals surface area contributed by atoms with Gasteiger partial charge in [-0.15, -0.1) is 0 Å². The summed E-state index contributed by atoms with van der Waals surface area (Å²) in [6.45, 7) is 10.2. The van der Waals surface area contributed by atoms with Gasteiger partial charge in [-0.1, -0.05) is 20.4 Å². The molecule has 0 rings (SSSR count). The van der Waals surface area contributed by atoms with Crippen molar-refractivity contribution < 1.29 is 14.3 Å². The summed E-state index contributed by atoms with van der Waals surface area (Å²) in [7, 11) is 0. The lowest BCUT2D eigenvalue weighted by atomic mass is 10.1. The first-order valence-corrected chi connectivity index (χ1v) is 4.48. The Morgan fingerprint density at radius 1 is 1.38 bits per heavy atom. The molecule has 1 atom stereocenters. The van der Waals surface area contributed by atoms with E-state index in [1.165, 1.54) is 0 Å². The number of esters is 1. The maximum Gasteiger partial charge on any atom is 0.330 e. The molecule has 0 aromatic heterocycles. The van der Waals surface area contributed by atoms with Gasteiger partial charge in [-0.3, -0.25) is 0 Å². The monoisotopic (exact) mass is 186 g/mol. The maximum atomic E-state index is 10.6. The number of ether oxygens (including phenoxy) is 2. The number of carbonyl (C=O) groups excluding carboxylic acids is 1. The highest BCUT2D eigenvalue weighted by atomic mass is 16.6. The molecule has 0 heterocycles. The molecule has 0 aliphatic heterocycles.